The van der Waals surface area contributed by atoms with Gasteiger partial charge < -0.3 is 20.3 Å². The second-order valence-electron chi connectivity index (χ2n) is 20.3. The molecular weight excluding hydrogens is 815 g/mol. The van der Waals surface area contributed by atoms with Crippen molar-refractivity contribution in [2.45, 2.75) is 334 Å². The van der Waals surface area contributed by atoms with Crippen molar-refractivity contribution < 1.29 is 24.5 Å². The minimum Gasteiger partial charge on any atom is -0.466 e. The minimum atomic E-state index is -0.663. The first-order valence-electron chi connectivity index (χ1n) is 29.6. The van der Waals surface area contributed by atoms with Crippen molar-refractivity contribution in [2.24, 2.45) is 0 Å². The average Bonchev–Trinajstić information content (AvgIpc) is 3.32. The Kier molecular flexibility index (Phi) is 54.5. The van der Waals surface area contributed by atoms with Crippen molar-refractivity contribution in [1.82, 2.24) is 5.32 Å². The molecule has 6 nitrogen and oxygen atoms in total. The third-order valence-electron chi connectivity index (χ3n) is 13.8. The monoisotopic (exact) mass is 930 g/mol. The molecular formula is C60H115NO5. The summed E-state index contributed by atoms with van der Waals surface area (Å²) in [4.78, 5) is 24.5. The molecule has 0 spiro atoms. The summed E-state index contributed by atoms with van der Waals surface area (Å²) in [5, 5.41) is 23.2. The van der Waals surface area contributed by atoms with Crippen LogP contribution >= 0.6 is 0 Å². The van der Waals surface area contributed by atoms with Crippen molar-refractivity contribution in [3.63, 3.8) is 0 Å². The number of amides is 1. The lowest BCUT2D eigenvalue weighted by Crippen LogP contribution is -2.45. The molecule has 2 unspecified atom stereocenters. The van der Waals surface area contributed by atoms with Gasteiger partial charge in [-0.05, 0) is 51.4 Å². The highest BCUT2D eigenvalue weighted by Gasteiger charge is 2.20. The number of aliphatic hydroxyl groups is 2. The van der Waals surface area contributed by atoms with Crippen LogP contribution in [0.4, 0.5) is 0 Å². The van der Waals surface area contributed by atoms with Gasteiger partial charge in [-0.2, -0.15) is 0 Å². The topological polar surface area (TPSA) is 95.9 Å². The summed E-state index contributed by atoms with van der Waals surface area (Å²) in [5.41, 5.74) is 0. The van der Waals surface area contributed by atoms with Crippen LogP contribution in [0.1, 0.15) is 322 Å². The van der Waals surface area contributed by atoms with E-state index in [1.54, 1.807) is 0 Å². The molecule has 3 N–H and O–H groups in total. The number of nitrogens with one attached hydrogen (secondary N) is 1. The third-order valence-corrected chi connectivity index (χ3v) is 13.8. The largest absolute Gasteiger partial charge is 0.466 e. The van der Waals surface area contributed by atoms with Crippen LogP contribution in [-0.2, 0) is 14.3 Å². The Morgan fingerprint density at radius 2 is 0.773 bits per heavy atom. The van der Waals surface area contributed by atoms with Gasteiger partial charge in [0.1, 0.15) is 0 Å². The van der Waals surface area contributed by atoms with Gasteiger partial charge in [-0.25, -0.2) is 0 Å². The highest BCUT2D eigenvalue weighted by atomic mass is 16.5. The zero-order chi connectivity index (χ0) is 47.9. The molecule has 0 saturated heterocycles. The van der Waals surface area contributed by atoms with E-state index in [1.807, 2.05) is 0 Å². The summed E-state index contributed by atoms with van der Waals surface area (Å²) in [6.45, 7) is 4.91. The standard InChI is InChI=1S/C60H115NO5/c1-3-5-7-9-11-13-15-17-30-34-38-42-46-50-54-60(65)66-55-51-47-43-39-35-31-27-25-23-21-19-18-20-22-24-26-29-33-37-41-45-49-53-59(64)61-57(56-62)58(63)52-48-44-40-36-32-28-16-14-12-10-8-6-4-2/h9,11,15,17,57-58,62-63H,3-8,10,12-14,16,18-56H2,1-2H3,(H,61,64)/b11-9-,17-15-. The van der Waals surface area contributed by atoms with Crippen LogP contribution in [0.2, 0.25) is 0 Å². The zero-order valence-electron chi connectivity index (χ0n) is 44.4. The maximum atomic E-state index is 12.5. The van der Waals surface area contributed by atoms with E-state index in [4.69, 9.17) is 4.74 Å². The number of carbonyl (C=O) groups excluding carboxylic acids is 2. The van der Waals surface area contributed by atoms with Crippen molar-refractivity contribution in [1.29, 1.82) is 0 Å². The van der Waals surface area contributed by atoms with Crippen molar-refractivity contribution in [3.05, 3.63) is 24.3 Å². The Morgan fingerprint density at radius 3 is 1.20 bits per heavy atom. The molecule has 0 fully saturated rings. The number of allylic oxidation sites excluding steroid dienone is 4. The lowest BCUT2D eigenvalue weighted by Gasteiger charge is -2.22. The molecule has 1 amide bonds. The number of hydrogen-bond acceptors (Lipinski definition) is 5. The molecule has 0 rings (SSSR count). The molecule has 0 aromatic rings. The average molecular weight is 931 g/mol. The van der Waals surface area contributed by atoms with E-state index in [2.05, 4.69) is 43.5 Å². The lowest BCUT2D eigenvalue weighted by atomic mass is 10.0. The van der Waals surface area contributed by atoms with E-state index in [0.29, 0.717) is 25.9 Å². The molecule has 2 atom stereocenters. The molecule has 0 radical (unpaired) electrons. The predicted octanol–water partition coefficient (Wildman–Crippen LogP) is 18.2. The molecule has 0 aromatic carbocycles. The number of hydrogen-bond donors (Lipinski definition) is 3. The van der Waals surface area contributed by atoms with Gasteiger partial charge in [0.2, 0.25) is 5.91 Å². The molecule has 66 heavy (non-hydrogen) atoms. The summed E-state index contributed by atoms with van der Waals surface area (Å²) in [7, 11) is 0. The fourth-order valence-electron chi connectivity index (χ4n) is 9.19. The number of ether oxygens (including phenoxy) is 1. The van der Waals surface area contributed by atoms with Gasteiger partial charge in [0.25, 0.3) is 0 Å². The number of unbranched alkanes of at least 4 members (excludes halogenated alkanes) is 40. The Bertz CT molecular complexity index is 1030. The lowest BCUT2D eigenvalue weighted by molar-refractivity contribution is -0.143. The highest BCUT2D eigenvalue weighted by molar-refractivity contribution is 5.76. The van der Waals surface area contributed by atoms with E-state index in [-0.39, 0.29) is 18.5 Å². The fraction of sp³-hybridized carbons (Fsp3) is 0.900. The van der Waals surface area contributed by atoms with Gasteiger partial charge in [0.05, 0.1) is 25.4 Å². The van der Waals surface area contributed by atoms with E-state index < -0.39 is 12.1 Å². The fourth-order valence-corrected chi connectivity index (χ4v) is 9.19. The molecule has 0 aliphatic heterocycles. The quantitative estimate of drug-likeness (QED) is 0.0321. The smallest absolute Gasteiger partial charge is 0.305 e. The van der Waals surface area contributed by atoms with Crippen molar-refractivity contribution in [2.75, 3.05) is 13.2 Å². The first kappa shape index (κ1) is 64.3. The SMILES string of the molecule is CCCC/C=C\C/C=C\CCCCCCCC(=O)OCCCCCCCCCCCCCCCCCCCCCCCCC(=O)NC(CO)C(O)CCCCCCCCCCCCCCC. The molecule has 0 saturated carbocycles. The number of esters is 1. The summed E-state index contributed by atoms with van der Waals surface area (Å²) >= 11 is 0. The maximum absolute atomic E-state index is 12.5. The summed E-state index contributed by atoms with van der Waals surface area (Å²) in [6.07, 6.45) is 67.5. The van der Waals surface area contributed by atoms with Crippen LogP contribution in [0.3, 0.4) is 0 Å². The van der Waals surface area contributed by atoms with Crippen LogP contribution in [-0.4, -0.2) is 47.4 Å². The van der Waals surface area contributed by atoms with Crippen molar-refractivity contribution in [3.8, 4) is 0 Å². The molecule has 0 bridgehead atoms. The summed E-state index contributed by atoms with van der Waals surface area (Å²) < 4.78 is 5.47. The molecule has 0 heterocycles. The highest BCUT2D eigenvalue weighted by Crippen LogP contribution is 2.18. The molecule has 0 aromatic heterocycles. The van der Waals surface area contributed by atoms with Crippen LogP contribution in [0.5, 0.6) is 0 Å². The number of carbonyl (C=O) groups is 2. The Labute approximate surface area is 411 Å². The summed E-state index contributed by atoms with van der Waals surface area (Å²) in [5.74, 6) is -0.0357. The molecule has 0 aliphatic carbocycles. The second-order valence-corrected chi connectivity index (χ2v) is 20.3. The zero-order valence-corrected chi connectivity index (χ0v) is 44.4. The van der Waals surface area contributed by atoms with E-state index in [0.717, 1.165) is 51.4 Å². The maximum Gasteiger partial charge on any atom is 0.305 e. The van der Waals surface area contributed by atoms with Crippen molar-refractivity contribution >= 4 is 11.9 Å². The van der Waals surface area contributed by atoms with Gasteiger partial charge >= 0.3 is 5.97 Å². The molecule has 0 aliphatic rings. The van der Waals surface area contributed by atoms with Gasteiger partial charge in [-0.15, -0.1) is 0 Å². The van der Waals surface area contributed by atoms with Gasteiger partial charge in [0.15, 0.2) is 0 Å². The first-order valence-corrected chi connectivity index (χ1v) is 29.6. The predicted molar refractivity (Wildman–Crippen MR) is 287 cm³/mol. The van der Waals surface area contributed by atoms with E-state index in [1.165, 1.54) is 238 Å². The van der Waals surface area contributed by atoms with Crippen LogP contribution in [0.15, 0.2) is 24.3 Å². The van der Waals surface area contributed by atoms with Gasteiger partial charge in [-0.3, -0.25) is 9.59 Å². The second kappa shape index (κ2) is 55.9. The number of rotatable bonds is 55. The van der Waals surface area contributed by atoms with Crippen LogP contribution in [0, 0.1) is 0 Å². The third kappa shape index (κ3) is 51.7. The summed E-state index contributed by atoms with van der Waals surface area (Å²) in [6, 6.07) is -0.541. The van der Waals surface area contributed by atoms with E-state index in [9.17, 15) is 19.8 Å². The van der Waals surface area contributed by atoms with Crippen LogP contribution < -0.4 is 5.32 Å². The van der Waals surface area contributed by atoms with Crippen LogP contribution in [0.25, 0.3) is 0 Å². The normalized spacial score (nSPS) is 12.7. The van der Waals surface area contributed by atoms with E-state index >= 15 is 0 Å². The first-order chi connectivity index (χ1) is 32.5. The number of aliphatic hydroxyl groups excluding tert-OH is 2. The molecule has 6 heteroatoms. The molecule has 390 valence electrons. The van der Waals surface area contributed by atoms with Gasteiger partial charge in [0, 0.05) is 12.8 Å². The minimum absolute atomic E-state index is 0.00121. The Morgan fingerprint density at radius 1 is 0.424 bits per heavy atom. The Balaban J connectivity index is 3.37. The Hall–Kier alpha value is -1.66. The van der Waals surface area contributed by atoms with Gasteiger partial charge in [-0.1, -0.05) is 282 Å².